The van der Waals surface area contributed by atoms with E-state index in [-0.39, 0.29) is 0 Å². The number of hydrogen-bond donors (Lipinski definition) is 1. The summed E-state index contributed by atoms with van der Waals surface area (Å²) in [5.74, 6) is 0.840. The summed E-state index contributed by atoms with van der Waals surface area (Å²) in [7, 11) is 2.08. The first-order valence-electron chi connectivity index (χ1n) is 6.42. The van der Waals surface area contributed by atoms with E-state index in [4.69, 9.17) is 0 Å². The second-order valence-electron chi connectivity index (χ2n) is 4.56. The summed E-state index contributed by atoms with van der Waals surface area (Å²) in [6.07, 6.45) is 3.83. The molecule has 94 valence electrons. The number of thiophene rings is 2. The first-order valence-corrected chi connectivity index (χ1v) is 8.12. The Morgan fingerprint density at radius 3 is 2.59 bits per heavy atom. The van der Waals surface area contributed by atoms with Gasteiger partial charge in [0.15, 0.2) is 0 Å². The molecular weight excluding hydrogens is 246 g/mol. The lowest BCUT2D eigenvalue weighted by Gasteiger charge is -2.20. The van der Waals surface area contributed by atoms with Crippen LogP contribution in [-0.2, 0) is 0 Å². The molecule has 0 aliphatic carbocycles. The SMILES string of the molecule is CCC(CC)CC(NC)c1cc2sccc2s1. The van der Waals surface area contributed by atoms with Crippen molar-refractivity contribution in [3.05, 3.63) is 22.4 Å². The van der Waals surface area contributed by atoms with Crippen LogP contribution in [0.15, 0.2) is 17.5 Å². The van der Waals surface area contributed by atoms with Gasteiger partial charge in [0.05, 0.1) is 0 Å². The fourth-order valence-corrected chi connectivity index (χ4v) is 4.53. The third kappa shape index (κ3) is 2.90. The van der Waals surface area contributed by atoms with Gasteiger partial charge in [0.1, 0.15) is 0 Å². The molecular formula is C14H21NS2. The first kappa shape index (κ1) is 13.1. The maximum atomic E-state index is 3.48. The van der Waals surface area contributed by atoms with Crippen LogP contribution in [0.25, 0.3) is 9.40 Å². The molecule has 0 spiro atoms. The van der Waals surface area contributed by atoms with Gasteiger partial charge in [0, 0.05) is 20.3 Å². The Kier molecular flexibility index (Phi) is 4.60. The Morgan fingerprint density at radius 2 is 2.00 bits per heavy atom. The Bertz CT molecular complexity index is 425. The fraction of sp³-hybridized carbons (Fsp3) is 0.571. The number of rotatable bonds is 6. The minimum atomic E-state index is 0.532. The van der Waals surface area contributed by atoms with Crippen LogP contribution >= 0.6 is 22.7 Å². The third-order valence-corrected chi connectivity index (χ3v) is 5.78. The molecule has 1 unspecified atom stereocenters. The van der Waals surface area contributed by atoms with Crippen molar-refractivity contribution in [3.63, 3.8) is 0 Å². The fourth-order valence-electron chi connectivity index (χ4n) is 2.29. The number of nitrogens with one attached hydrogen (secondary N) is 1. The molecule has 3 heteroatoms. The zero-order valence-corrected chi connectivity index (χ0v) is 12.5. The molecule has 2 rings (SSSR count). The van der Waals surface area contributed by atoms with Crippen LogP contribution in [0.1, 0.15) is 44.0 Å². The molecule has 2 aromatic heterocycles. The topological polar surface area (TPSA) is 12.0 Å². The summed E-state index contributed by atoms with van der Waals surface area (Å²) in [6, 6.07) is 5.14. The van der Waals surface area contributed by atoms with Gasteiger partial charge in [-0.3, -0.25) is 0 Å². The van der Waals surface area contributed by atoms with Gasteiger partial charge in [0.2, 0.25) is 0 Å². The summed E-state index contributed by atoms with van der Waals surface area (Å²) in [5.41, 5.74) is 0. The summed E-state index contributed by atoms with van der Waals surface area (Å²) in [5, 5.41) is 5.66. The summed E-state index contributed by atoms with van der Waals surface area (Å²) in [6.45, 7) is 4.60. The lowest BCUT2D eigenvalue weighted by atomic mass is 9.94. The summed E-state index contributed by atoms with van der Waals surface area (Å²) in [4.78, 5) is 1.50. The van der Waals surface area contributed by atoms with Gasteiger partial charge in [-0.05, 0) is 36.9 Å². The largest absolute Gasteiger partial charge is 0.312 e. The highest BCUT2D eigenvalue weighted by atomic mass is 32.1. The van der Waals surface area contributed by atoms with Crippen molar-refractivity contribution < 1.29 is 0 Å². The van der Waals surface area contributed by atoms with E-state index < -0.39 is 0 Å². The van der Waals surface area contributed by atoms with E-state index in [1.54, 1.807) is 0 Å². The van der Waals surface area contributed by atoms with E-state index >= 15 is 0 Å². The Balaban J connectivity index is 2.14. The van der Waals surface area contributed by atoms with E-state index in [0.29, 0.717) is 6.04 Å². The second kappa shape index (κ2) is 5.98. The molecule has 2 heterocycles. The molecule has 0 radical (unpaired) electrons. The smallest absolute Gasteiger partial charge is 0.0454 e. The van der Waals surface area contributed by atoms with Gasteiger partial charge in [-0.2, -0.15) is 0 Å². The molecule has 0 aliphatic heterocycles. The molecule has 2 aromatic rings. The van der Waals surface area contributed by atoms with Crippen LogP contribution in [0.2, 0.25) is 0 Å². The van der Waals surface area contributed by atoms with Gasteiger partial charge in [-0.25, -0.2) is 0 Å². The molecule has 0 aromatic carbocycles. The number of fused-ring (bicyclic) bond motifs is 1. The van der Waals surface area contributed by atoms with Gasteiger partial charge < -0.3 is 5.32 Å². The molecule has 17 heavy (non-hydrogen) atoms. The van der Waals surface area contributed by atoms with Crippen molar-refractivity contribution in [1.29, 1.82) is 0 Å². The van der Waals surface area contributed by atoms with Gasteiger partial charge in [-0.15, -0.1) is 22.7 Å². The molecule has 1 atom stereocenters. The van der Waals surface area contributed by atoms with Gasteiger partial charge in [-0.1, -0.05) is 26.7 Å². The highest BCUT2D eigenvalue weighted by Gasteiger charge is 2.17. The molecule has 0 bridgehead atoms. The van der Waals surface area contributed by atoms with Crippen molar-refractivity contribution in [3.8, 4) is 0 Å². The third-order valence-electron chi connectivity index (χ3n) is 3.57. The van der Waals surface area contributed by atoms with Crippen molar-refractivity contribution in [2.24, 2.45) is 5.92 Å². The highest BCUT2D eigenvalue weighted by Crippen LogP contribution is 2.36. The molecule has 0 fully saturated rings. The lowest BCUT2D eigenvalue weighted by Crippen LogP contribution is -2.18. The molecule has 0 saturated carbocycles. The predicted molar refractivity (Wildman–Crippen MR) is 80.2 cm³/mol. The van der Waals surface area contributed by atoms with Gasteiger partial charge >= 0.3 is 0 Å². The Morgan fingerprint density at radius 1 is 1.24 bits per heavy atom. The van der Waals surface area contributed by atoms with E-state index in [1.807, 2.05) is 22.7 Å². The van der Waals surface area contributed by atoms with E-state index in [2.05, 4.69) is 43.7 Å². The van der Waals surface area contributed by atoms with Crippen molar-refractivity contribution in [2.75, 3.05) is 7.05 Å². The highest BCUT2D eigenvalue weighted by molar-refractivity contribution is 7.26. The van der Waals surface area contributed by atoms with Crippen LogP contribution in [0, 0.1) is 5.92 Å². The minimum absolute atomic E-state index is 0.532. The standard InChI is InChI=1S/C14H21NS2/c1-4-10(5-2)8-11(15-3)13-9-14-12(17-13)6-7-16-14/h6-7,9-11,15H,4-5,8H2,1-3H3. The molecule has 1 nitrogen and oxygen atoms in total. The average Bonchev–Trinajstić information content (AvgIpc) is 2.91. The van der Waals surface area contributed by atoms with Crippen molar-refractivity contribution >= 4 is 32.1 Å². The maximum absolute atomic E-state index is 3.48. The zero-order chi connectivity index (χ0) is 12.3. The molecule has 1 N–H and O–H groups in total. The monoisotopic (exact) mass is 267 g/mol. The second-order valence-corrected chi connectivity index (χ2v) is 6.62. The Labute approximate surface area is 112 Å². The van der Waals surface area contributed by atoms with Crippen LogP contribution in [0.3, 0.4) is 0 Å². The quantitative estimate of drug-likeness (QED) is 0.772. The molecule has 0 saturated heterocycles. The summed E-state index contributed by atoms with van der Waals surface area (Å²) < 4.78 is 2.88. The van der Waals surface area contributed by atoms with Crippen LogP contribution in [0.5, 0.6) is 0 Å². The normalized spacial score (nSPS) is 13.6. The van der Waals surface area contributed by atoms with E-state index in [1.165, 1.54) is 33.5 Å². The first-order chi connectivity index (χ1) is 8.28. The lowest BCUT2D eigenvalue weighted by molar-refractivity contribution is 0.388. The Hall–Kier alpha value is -0.380. The number of hydrogen-bond acceptors (Lipinski definition) is 3. The van der Waals surface area contributed by atoms with Crippen LogP contribution in [-0.4, -0.2) is 7.05 Å². The van der Waals surface area contributed by atoms with Crippen molar-refractivity contribution in [2.45, 2.75) is 39.2 Å². The summed E-state index contributed by atoms with van der Waals surface area (Å²) >= 11 is 3.80. The average molecular weight is 267 g/mol. The zero-order valence-electron chi connectivity index (χ0n) is 10.8. The van der Waals surface area contributed by atoms with Gasteiger partial charge in [0.25, 0.3) is 0 Å². The minimum Gasteiger partial charge on any atom is -0.312 e. The predicted octanol–water partition coefficient (Wildman–Crippen LogP) is 5.05. The van der Waals surface area contributed by atoms with Crippen molar-refractivity contribution in [1.82, 2.24) is 5.32 Å². The van der Waals surface area contributed by atoms with E-state index in [0.717, 1.165) is 5.92 Å². The van der Waals surface area contributed by atoms with Crippen LogP contribution < -0.4 is 5.32 Å². The molecule has 0 aliphatic rings. The van der Waals surface area contributed by atoms with Crippen LogP contribution in [0.4, 0.5) is 0 Å². The maximum Gasteiger partial charge on any atom is 0.0454 e. The molecule has 0 amide bonds. The van der Waals surface area contributed by atoms with E-state index in [9.17, 15) is 0 Å².